The predicted octanol–water partition coefficient (Wildman–Crippen LogP) is 2.08. The number of nitrogens with one attached hydrogen (secondary N) is 2. The fourth-order valence-corrected chi connectivity index (χ4v) is 4.56. The Morgan fingerprint density at radius 1 is 1.27 bits per heavy atom. The third kappa shape index (κ3) is 5.31. The van der Waals surface area contributed by atoms with Gasteiger partial charge in [-0.25, -0.2) is 14.4 Å². The van der Waals surface area contributed by atoms with Gasteiger partial charge in [0.2, 0.25) is 5.95 Å². The molecule has 0 saturated carbocycles. The molecule has 4 aliphatic rings. The number of carbonyl (C=O) groups is 1. The van der Waals surface area contributed by atoms with Gasteiger partial charge in [0.25, 0.3) is 0 Å². The summed E-state index contributed by atoms with van der Waals surface area (Å²) in [6.45, 7) is 4.12. The maximum atomic E-state index is 13.6. The van der Waals surface area contributed by atoms with Crippen LogP contribution in [0.15, 0.2) is 41.9 Å². The number of hydrogen-bond donors (Lipinski definition) is 3. The van der Waals surface area contributed by atoms with Gasteiger partial charge in [0, 0.05) is 37.5 Å². The molecule has 1 aliphatic carbocycles. The van der Waals surface area contributed by atoms with Crippen molar-refractivity contribution >= 4 is 24.0 Å². The van der Waals surface area contributed by atoms with Crippen LogP contribution in [0.25, 0.3) is 0 Å². The maximum Gasteiger partial charge on any atom is 0.330 e. The first kappa shape index (κ1) is 23.1. The number of hydrogen-bond acceptors (Lipinski definition) is 6. The second-order valence-corrected chi connectivity index (χ2v) is 8.67. The highest BCUT2D eigenvalue weighted by atomic mass is 16.2. The minimum Gasteiger partial charge on any atom is -0.400 e. The number of nitrogens with zero attached hydrogens (tertiary/aromatic N) is 5. The quantitative estimate of drug-likeness (QED) is 0.592. The van der Waals surface area contributed by atoms with Crippen molar-refractivity contribution in [3.05, 3.63) is 47.5 Å². The molecular formula is C24H34N7O2+. The molecule has 4 heterocycles. The molecular weight excluding hydrogens is 418 g/mol. The highest BCUT2D eigenvalue weighted by Crippen LogP contribution is 2.32. The molecule has 0 aromatic carbocycles. The van der Waals surface area contributed by atoms with E-state index in [1.807, 2.05) is 16.0 Å². The Hall–Kier alpha value is -3.04. The molecule has 1 atom stereocenters. The van der Waals surface area contributed by atoms with Crippen molar-refractivity contribution < 1.29 is 14.5 Å². The summed E-state index contributed by atoms with van der Waals surface area (Å²) in [6, 6.07) is 0.00466. The summed E-state index contributed by atoms with van der Waals surface area (Å²) in [5, 5.41) is 13.7. The van der Waals surface area contributed by atoms with Gasteiger partial charge in [-0.3, -0.25) is 9.80 Å². The van der Waals surface area contributed by atoms with E-state index in [-0.39, 0.29) is 6.03 Å². The molecule has 1 aromatic heterocycles. The molecule has 0 spiro atoms. The van der Waals surface area contributed by atoms with E-state index < -0.39 is 0 Å². The molecule has 1 saturated heterocycles. The lowest BCUT2D eigenvalue weighted by atomic mass is 10.1. The molecule has 1 aromatic rings. The molecule has 0 radical (unpaired) electrons. The van der Waals surface area contributed by atoms with E-state index in [0.29, 0.717) is 25.0 Å². The lowest BCUT2D eigenvalue weighted by Crippen LogP contribution is -2.49. The summed E-state index contributed by atoms with van der Waals surface area (Å²) in [5.41, 5.74) is 2.94. The molecule has 9 heteroatoms. The van der Waals surface area contributed by atoms with E-state index in [4.69, 9.17) is 10.1 Å². The molecule has 1 fully saturated rings. The maximum absolute atomic E-state index is 13.6. The average Bonchev–Trinajstić information content (AvgIpc) is 3.36. The van der Waals surface area contributed by atoms with E-state index in [1.54, 1.807) is 0 Å². The van der Waals surface area contributed by atoms with E-state index in [9.17, 15) is 4.79 Å². The van der Waals surface area contributed by atoms with Crippen LogP contribution >= 0.6 is 0 Å². The number of urea groups is 1. The number of carbonyl (C=O) groups excluding carboxylic acids is 1. The third-order valence-electron chi connectivity index (χ3n) is 6.24. The van der Waals surface area contributed by atoms with Crippen molar-refractivity contribution in [3.63, 3.8) is 0 Å². The Morgan fingerprint density at radius 2 is 2.15 bits per heavy atom. The molecule has 0 bridgehead atoms. The fraction of sp³-hybridized carbons (Fsp3) is 0.500. The van der Waals surface area contributed by atoms with E-state index in [0.717, 1.165) is 75.2 Å². The zero-order valence-electron chi connectivity index (χ0n) is 19.5. The summed E-state index contributed by atoms with van der Waals surface area (Å²) in [6.07, 6.45) is 16.5. The number of anilines is 2. The van der Waals surface area contributed by atoms with Gasteiger partial charge in [0.15, 0.2) is 6.21 Å². The monoisotopic (exact) mass is 452 g/mol. The van der Waals surface area contributed by atoms with Crippen LogP contribution in [0.5, 0.6) is 0 Å². The highest BCUT2D eigenvalue weighted by Gasteiger charge is 2.35. The molecule has 176 valence electrons. The van der Waals surface area contributed by atoms with Gasteiger partial charge in [0.05, 0.1) is 6.54 Å². The summed E-state index contributed by atoms with van der Waals surface area (Å²) in [4.78, 5) is 26.7. The van der Waals surface area contributed by atoms with Crippen molar-refractivity contribution in [1.82, 2.24) is 20.2 Å². The zero-order valence-corrected chi connectivity index (χ0v) is 19.5. The lowest BCUT2D eigenvalue weighted by molar-refractivity contribution is -0.492. The average molecular weight is 453 g/mol. The SMILES string of the molecule is CO.C[N+]1=CC(Nc2ncc3c(n2)N(CC2CCNC2)C(=O)N(C2=CCCC=C2)C3)=CCC1. The van der Waals surface area contributed by atoms with Gasteiger partial charge in [-0.2, -0.15) is 4.98 Å². The van der Waals surface area contributed by atoms with Crippen LogP contribution in [0.2, 0.25) is 0 Å². The van der Waals surface area contributed by atoms with Crippen LogP contribution in [-0.4, -0.2) is 77.1 Å². The van der Waals surface area contributed by atoms with Crippen LogP contribution in [-0.2, 0) is 6.54 Å². The summed E-state index contributed by atoms with van der Waals surface area (Å²) in [7, 11) is 3.06. The zero-order chi connectivity index (χ0) is 23.2. The Balaban J connectivity index is 0.00000126. The van der Waals surface area contributed by atoms with Crippen LogP contribution < -0.4 is 15.5 Å². The van der Waals surface area contributed by atoms with Crippen molar-refractivity contribution in [2.75, 3.05) is 50.6 Å². The molecule has 1 unspecified atom stereocenters. The Morgan fingerprint density at radius 3 is 2.88 bits per heavy atom. The Kier molecular flexibility index (Phi) is 7.51. The number of aliphatic hydroxyl groups is 1. The predicted molar refractivity (Wildman–Crippen MR) is 129 cm³/mol. The number of allylic oxidation sites excluding steroid dienone is 4. The van der Waals surface area contributed by atoms with Crippen LogP contribution in [0, 0.1) is 5.92 Å². The molecule has 3 aliphatic heterocycles. The van der Waals surface area contributed by atoms with Crippen LogP contribution in [0.4, 0.5) is 16.6 Å². The normalized spacial score (nSPS) is 22.1. The number of rotatable bonds is 5. The smallest absolute Gasteiger partial charge is 0.330 e. The van der Waals surface area contributed by atoms with Crippen LogP contribution in [0.3, 0.4) is 0 Å². The minimum atomic E-state index is 0.00466. The first-order chi connectivity index (χ1) is 16.2. The highest BCUT2D eigenvalue weighted by molar-refractivity contribution is 5.95. The standard InChI is InChI=1S/C23H30N7O.CH4O/c1-28-11-5-6-19(16-28)26-22-25-13-18-15-29(20-7-3-2-4-8-20)23(31)30(21(18)27-22)14-17-9-10-24-12-17;1-2/h3,6-8,13,16-17,24H,2,4-5,9-12,14-15H2,1H3,(H,25,26,27);2H,1H3/q+1;. The van der Waals surface area contributed by atoms with Gasteiger partial charge in [-0.05, 0) is 50.4 Å². The molecule has 2 amide bonds. The Bertz CT molecular complexity index is 993. The summed E-state index contributed by atoms with van der Waals surface area (Å²) >= 11 is 0. The van der Waals surface area contributed by atoms with Crippen molar-refractivity contribution in [2.24, 2.45) is 5.92 Å². The summed E-state index contributed by atoms with van der Waals surface area (Å²) < 4.78 is 2.15. The number of aromatic nitrogens is 2. The molecule has 5 rings (SSSR count). The second kappa shape index (κ2) is 10.7. The van der Waals surface area contributed by atoms with Gasteiger partial charge < -0.3 is 15.7 Å². The van der Waals surface area contributed by atoms with Gasteiger partial charge in [-0.1, -0.05) is 12.2 Å². The van der Waals surface area contributed by atoms with Crippen molar-refractivity contribution in [2.45, 2.75) is 32.2 Å². The summed E-state index contributed by atoms with van der Waals surface area (Å²) in [5.74, 6) is 1.70. The largest absolute Gasteiger partial charge is 0.400 e. The second-order valence-electron chi connectivity index (χ2n) is 8.67. The van der Waals surface area contributed by atoms with E-state index >= 15 is 0 Å². The number of aliphatic hydroxyl groups excluding tert-OH is 1. The van der Waals surface area contributed by atoms with Gasteiger partial charge >= 0.3 is 6.03 Å². The van der Waals surface area contributed by atoms with Gasteiger partial charge in [0.1, 0.15) is 25.1 Å². The van der Waals surface area contributed by atoms with E-state index in [1.165, 1.54) is 0 Å². The number of fused-ring (bicyclic) bond motifs is 1. The van der Waals surface area contributed by atoms with Crippen molar-refractivity contribution in [1.29, 1.82) is 0 Å². The first-order valence-corrected chi connectivity index (χ1v) is 11.7. The third-order valence-corrected chi connectivity index (χ3v) is 6.24. The first-order valence-electron chi connectivity index (χ1n) is 11.7. The Labute approximate surface area is 195 Å². The van der Waals surface area contributed by atoms with E-state index in [2.05, 4.69) is 57.8 Å². The number of amides is 2. The van der Waals surface area contributed by atoms with Gasteiger partial charge in [-0.15, -0.1) is 0 Å². The fourth-order valence-electron chi connectivity index (χ4n) is 4.56. The molecule has 9 nitrogen and oxygen atoms in total. The van der Waals surface area contributed by atoms with Crippen molar-refractivity contribution in [3.8, 4) is 0 Å². The molecule has 33 heavy (non-hydrogen) atoms. The van der Waals surface area contributed by atoms with Crippen LogP contribution in [0.1, 0.15) is 31.2 Å². The minimum absolute atomic E-state index is 0.00466. The lowest BCUT2D eigenvalue weighted by Gasteiger charge is -2.38. The topological polar surface area (TPSA) is 96.6 Å². The molecule has 3 N–H and O–H groups in total.